The van der Waals surface area contributed by atoms with Crippen molar-refractivity contribution in [1.82, 2.24) is 15.1 Å². The van der Waals surface area contributed by atoms with Gasteiger partial charge in [0.1, 0.15) is 0 Å². The lowest BCUT2D eigenvalue weighted by atomic mass is 10.0. The minimum atomic E-state index is -0.803. The predicted octanol–water partition coefficient (Wildman–Crippen LogP) is 1.92. The molecule has 1 aromatic heterocycles. The predicted molar refractivity (Wildman–Crippen MR) is 98.2 cm³/mol. The molecule has 1 aromatic rings. The minimum Gasteiger partial charge on any atom is -0.480 e. The monoisotopic (exact) mass is 395 g/mol. The highest BCUT2D eigenvalue weighted by Gasteiger charge is 2.24. The normalized spacial score (nSPS) is 16.0. The molecule has 0 aromatic carbocycles. The van der Waals surface area contributed by atoms with Crippen LogP contribution in [0.25, 0.3) is 0 Å². The van der Waals surface area contributed by atoms with Gasteiger partial charge in [-0.3, -0.25) is 19.4 Å². The smallest absolute Gasteiger partial charge is 0.317 e. The number of hydrogen-bond donors (Lipinski definition) is 2. The lowest BCUT2D eigenvalue weighted by Gasteiger charge is -2.35. The number of likely N-dealkylation sites (N-methyl/N-ethyl adjacent to an activating group) is 1. The van der Waals surface area contributed by atoms with E-state index in [0.717, 1.165) is 35.1 Å². The minimum absolute atomic E-state index is 0. The van der Waals surface area contributed by atoms with Crippen molar-refractivity contribution in [1.29, 1.82) is 0 Å². The molecule has 0 saturated carbocycles. The summed E-state index contributed by atoms with van der Waals surface area (Å²) in [4.78, 5) is 27.8. The second-order valence-corrected chi connectivity index (χ2v) is 7.60. The fourth-order valence-electron chi connectivity index (χ4n) is 2.75. The number of amides is 1. The number of nitrogens with one attached hydrogen (secondary N) is 1. The van der Waals surface area contributed by atoms with Gasteiger partial charge in [-0.15, -0.1) is 23.7 Å². The molecule has 1 aliphatic rings. The number of likely N-dealkylation sites (tertiary alicyclic amines) is 1. The van der Waals surface area contributed by atoms with Gasteiger partial charge in [-0.05, 0) is 32.0 Å². The maximum absolute atomic E-state index is 12.0. The SMILES string of the molecule is CN(CC(=O)O)C1CCN(CC(=O)NCc2ccc(Cl)s2)CC1.Cl. The second-order valence-electron chi connectivity index (χ2n) is 5.80. The number of aliphatic carboxylic acids is 1. The van der Waals surface area contributed by atoms with E-state index >= 15 is 0 Å². The molecule has 1 fully saturated rings. The molecule has 0 radical (unpaired) electrons. The van der Waals surface area contributed by atoms with E-state index in [1.807, 2.05) is 24.1 Å². The van der Waals surface area contributed by atoms with E-state index < -0.39 is 5.97 Å². The van der Waals surface area contributed by atoms with Crippen molar-refractivity contribution in [3.63, 3.8) is 0 Å². The molecule has 1 aliphatic heterocycles. The van der Waals surface area contributed by atoms with Crippen LogP contribution in [0, 0.1) is 0 Å². The third-order valence-electron chi connectivity index (χ3n) is 4.02. The molecular weight excluding hydrogens is 373 g/mol. The van der Waals surface area contributed by atoms with Crippen LogP contribution >= 0.6 is 35.3 Å². The largest absolute Gasteiger partial charge is 0.480 e. The number of carboxylic acid groups (broad SMARTS) is 1. The van der Waals surface area contributed by atoms with E-state index in [2.05, 4.69) is 10.2 Å². The topological polar surface area (TPSA) is 72.9 Å². The van der Waals surface area contributed by atoms with Gasteiger partial charge in [-0.25, -0.2) is 0 Å². The number of carboxylic acids is 1. The van der Waals surface area contributed by atoms with Crippen LogP contribution in [0.4, 0.5) is 0 Å². The number of halogens is 2. The third kappa shape index (κ3) is 6.94. The van der Waals surface area contributed by atoms with Crippen LogP contribution in [-0.2, 0) is 16.1 Å². The molecule has 2 heterocycles. The van der Waals surface area contributed by atoms with Crippen LogP contribution < -0.4 is 5.32 Å². The Kier molecular flexibility index (Phi) is 9.01. The van der Waals surface area contributed by atoms with Crippen LogP contribution in [0.5, 0.6) is 0 Å². The van der Waals surface area contributed by atoms with Gasteiger partial charge in [0.25, 0.3) is 0 Å². The molecule has 0 unspecified atom stereocenters. The summed E-state index contributed by atoms with van der Waals surface area (Å²) in [6.45, 7) is 2.58. The fraction of sp³-hybridized carbons (Fsp3) is 0.600. The van der Waals surface area contributed by atoms with E-state index in [0.29, 0.717) is 13.1 Å². The summed E-state index contributed by atoms with van der Waals surface area (Å²) in [5, 5.41) is 11.7. The summed E-state index contributed by atoms with van der Waals surface area (Å²) < 4.78 is 0.724. The van der Waals surface area contributed by atoms with Crippen molar-refractivity contribution in [2.45, 2.75) is 25.4 Å². The van der Waals surface area contributed by atoms with Crippen molar-refractivity contribution in [3.8, 4) is 0 Å². The number of nitrogens with zero attached hydrogens (tertiary/aromatic N) is 2. The van der Waals surface area contributed by atoms with Gasteiger partial charge in [-0.1, -0.05) is 11.6 Å². The summed E-state index contributed by atoms with van der Waals surface area (Å²) >= 11 is 7.33. The highest BCUT2D eigenvalue weighted by molar-refractivity contribution is 7.16. The summed E-state index contributed by atoms with van der Waals surface area (Å²) in [5.41, 5.74) is 0. The lowest BCUT2D eigenvalue weighted by Crippen LogP contribution is -2.47. The summed E-state index contributed by atoms with van der Waals surface area (Å²) in [6, 6.07) is 4.02. The Hall–Kier alpha value is -0.860. The third-order valence-corrected chi connectivity index (χ3v) is 5.25. The zero-order valence-electron chi connectivity index (χ0n) is 13.5. The average molecular weight is 396 g/mol. The zero-order chi connectivity index (χ0) is 16.8. The molecule has 0 atom stereocenters. The molecule has 2 rings (SSSR count). The molecule has 136 valence electrons. The van der Waals surface area contributed by atoms with E-state index in [-0.39, 0.29) is 30.9 Å². The molecule has 0 bridgehead atoms. The van der Waals surface area contributed by atoms with Crippen molar-refractivity contribution in [3.05, 3.63) is 21.3 Å². The standard InChI is InChI=1S/C15H22ClN3O3S.ClH/c1-18(10-15(21)22)11-4-6-19(7-5-11)9-14(20)17-8-12-2-3-13(16)23-12;/h2-3,11H,4-10H2,1H3,(H,17,20)(H,21,22);1H. The van der Waals surface area contributed by atoms with Crippen molar-refractivity contribution in [2.75, 3.05) is 33.2 Å². The van der Waals surface area contributed by atoms with E-state index in [1.54, 1.807) is 0 Å². The van der Waals surface area contributed by atoms with E-state index in [9.17, 15) is 9.59 Å². The van der Waals surface area contributed by atoms with Crippen LogP contribution in [0.3, 0.4) is 0 Å². The Morgan fingerprint density at radius 2 is 2.08 bits per heavy atom. The zero-order valence-corrected chi connectivity index (χ0v) is 15.9. The second kappa shape index (κ2) is 10.2. The highest BCUT2D eigenvalue weighted by Crippen LogP contribution is 2.21. The molecule has 1 amide bonds. The Balaban J connectivity index is 0.00000288. The van der Waals surface area contributed by atoms with Gasteiger partial charge in [0, 0.05) is 24.0 Å². The Morgan fingerprint density at radius 3 is 2.62 bits per heavy atom. The fourth-order valence-corrected chi connectivity index (χ4v) is 3.78. The maximum Gasteiger partial charge on any atom is 0.317 e. The number of piperidine rings is 1. The molecule has 24 heavy (non-hydrogen) atoms. The highest BCUT2D eigenvalue weighted by atomic mass is 35.5. The van der Waals surface area contributed by atoms with Gasteiger partial charge < -0.3 is 10.4 Å². The lowest BCUT2D eigenvalue weighted by molar-refractivity contribution is -0.138. The first kappa shape index (κ1) is 21.2. The van der Waals surface area contributed by atoms with Gasteiger partial charge in [0.2, 0.25) is 5.91 Å². The first-order chi connectivity index (χ1) is 10.9. The molecule has 9 heteroatoms. The first-order valence-electron chi connectivity index (χ1n) is 7.59. The Morgan fingerprint density at radius 1 is 1.42 bits per heavy atom. The van der Waals surface area contributed by atoms with Gasteiger partial charge in [0.15, 0.2) is 0 Å². The first-order valence-corrected chi connectivity index (χ1v) is 8.79. The Bertz CT molecular complexity index is 548. The van der Waals surface area contributed by atoms with Gasteiger partial charge >= 0.3 is 5.97 Å². The summed E-state index contributed by atoms with van der Waals surface area (Å²) in [6.07, 6.45) is 1.77. The van der Waals surface area contributed by atoms with Crippen LogP contribution in [0.15, 0.2) is 12.1 Å². The summed E-state index contributed by atoms with van der Waals surface area (Å²) in [5.74, 6) is -0.796. The van der Waals surface area contributed by atoms with Crippen molar-refractivity contribution >= 4 is 47.2 Å². The van der Waals surface area contributed by atoms with Crippen molar-refractivity contribution in [2.24, 2.45) is 0 Å². The van der Waals surface area contributed by atoms with Crippen LogP contribution in [0.1, 0.15) is 17.7 Å². The van der Waals surface area contributed by atoms with Crippen LogP contribution in [0.2, 0.25) is 4.34 Å². The number of carbonyl (C=O) groups excluding carboxylic acids is 1. The maximum atomic E-state index is 12.0. The van der Waals surface area contributed by atoms with E-state index in [1.165, 1.54) is 11.3 Å². The molecule has 6 nitrogen and oxygen atoms in total. The molecule has 2 N–H and O–H groups in total. The molecule has 0 aliphatic carbocycles. The molecular formula is C15H23Cl2N3O3S. The Labute approximate surface area is 157 Å². The number of carbonyl (C=O) groups is 2. The quantitative estimate of drug-likeness (QED) is 0.737. The number of thiophene rings is 1. The van der Waals surface area contributed by atoms with E-state index in [4.69, 9.17) is 16.7 Å². The average Bonchev–Trinajstić information content (AvgIpc) is 2.91. The van der Waals surface area contributed by atoms with Gasteiger partial charge in [0.05, 0.1) is 24.0 Å². The van der Waals surface area contributed by atoms with Crippen LogP contribution in [-0.4, -0.2) is 66.1 Å². The number of hydrogen-bond acceptors (Lipinski definition) is 5. The number of rotatable bonds is 7. The molecule has 0 spiro atoms. The summed E-state index contributed by atoms with van der Waals surface area (Å²) in [7, 11) is 1.84. The van der Waals surface area contributed by atoms with Crippen molar-refractivity contribution < 1.29 is 14.7 Å². The van der Waals surface area contributed by atoms with Gasteiger partial charge in [-0.2, -0.15) is 0 Å². The molecule has 1 saturated heterocycles.